The lowest BCUT2D eigenvalue weighted by Gasteiger charge is -2.14. The van der Waals surface area contributed by atoms with E-state index in [1.165, 1.54) is 16.5 Å². The highest BCUT2D eigenvalue weighted by atomic mass is 28.1. The molecule has 0 unspecified atom stereocenters. The van der Waals surface area contributed by atoms with Crippen LogP contribution in [0.4, 0.5) is 0 Å². The molecule has 0 N–H and O–H groups in total. The normalized spacial score (nSPS) is 18.0. The van der Waals surface area contributed by atoms with Gasteiger partial charge in [0.2, 0.25) is 0 Å². The number of hydrogen-bond donors (Lipinski definition) is 0. The number of rotatable bonds is 2. The second-order valence-corrected chi connectivity index (χ2v) is 6.95. The highest BCUT2D eigenvalue weighted by molar-refractivity contribution is 6.37. The van der Waals surface area contributed by atoms with E-state index in [-0.39, 0.29) is 0 Å². The average molecular weight is 308 g/mol. The summed E-state index contributed by atoms with van der Waals surface area (Å²) in [5.41, 5.74) is 4.78. The third-order valence-corrected chi connectivity index (χ3v) is 5.63. The molecule has 0 aromatic carbocycles. The van der Waals surface area contributed by atoms with Gasteiger partial charge in [0, 0.05) is 15.9 Å². The minimum absolute atomic E-state index is 0.979. The zero-order chi connectivity index (χ0) is 15.1. The molecule has 0 amide bonds. The van der Waals surface area contributed by atoms with Gasteiger partial charge in [0.25, 0.3) is 0 Å². The van der Waals surface area contributed by atoms with Crippen LogP contribution in [-0.2, 0) is 0 Å². The molecule has 0 radical (unpaired) electrons. The predicted molar refractivity (Wildman–Crippen MR) is 94.3 cm³/mol. The molecule has 0 aliphatic heterocycles. The average Bonchev–Trinajstić information content (AvgIpc) is 3.06. The Balaban J connectivity index is 2.00. The summed E-state index contributed by atoms with van der Waals surface area (Å²) in [5.74, 6) is 1.04. The van der Waals surface area contributed by atoms with E-state index in [0.29, 0.717) is 0 Å². The first-order valence-electron chi connectivity index (χ1n) is 7.94. The molecule has 2 heterocycles. The molecule has 2 aromatic rings. The largest absolute Gasteiger partial charge is 0.276 e. The molecule has 0 fully saturated rings. The standard InChI is InChI=1S/C17H20N4Si/c1-12-15(22)17-20(14-10-6-3-7-11-14)16(19-21(17)18-12)13-8-4-2-5-9-13/h2,4,6,8,10-11H,3,5,7,9H2,1,22H3. The quantitative estimate of drug-likeness (QED) is 0.792. The summed E-state index contributed by atoms with van der Waals surface area (Å²) in [5, 5.41) is 10.8. The van der Waals surface area contributed by atoms with Gasteiger partial charge in [-0.3, -0.25) is 4.57 Å². The molecule has 0 saturated carbocycles. The SMILES string of the molecule is Cc1nn2nc(C3=CC=CCC3)n(C3=CCCC=C3)c2c1[SiH3]. The van der Waals surface area contributed by atoms with Crippen molar-refractivity contribution in [2.45, 2.75) is 32.6 Å². The van der Waals surface area contributed by atoms with Gasteiger partial charge in [0.05, 0.1) is 5.69 Å². The van der Waals surface area contributed by atoms with E-state index in [0.717, 1.165) is 53.1 Å². The summed E-state index contributed by atoms with van der Waals surface area (Å²) < 4.78 is 4.14. The Hall–Kier alpha value is -2.14. The molecule has 0 bridgehead atoms. The molecule has 2 aliphatic carbocycles. The molecule has 0 saturated heterocycles. The van der Waals surface area contributed by atoms with Crippen molar-refractivity contribution >= 4 is 32.3 Å². The summed E-state index contributed by atoms with van der Waals surface area (Å²) in [6.45, 7) is 2.08. The Morgan fingerprint density at radius 2 is 2.05 bits per heavy atom. The van der Waals surface area contributed by atoms with Crippen LogP contribution in [0.2, 0.25) is 0 Å². The smallest absolute Gasteiger partial charge is 0.164 e. The molecule has 4 nitrogen and oxygen atoms in total. The number of fused-ring (bicyclic) bond motifs is 1. The van der Waals surface area contributed by atoms with Crippen molar-refractivity contribution in [3.05, 3.63) is 48.0 Å². The Morgan fingerprint density at radius 1 is 1.14 bits per heavy atom. The number of aromatic nitrogens is 4. The first kappa shape index (κ1) is 13.5. The Morgan fingerprint density at radius 3 is 2.77 bits per heavy atom. The fourth-order valence-corrected chi connectivity index (χ4v) is 3.67. The van der Waals surface area contributed by atoms with E-state index in [4.69, 9.17) is 5.10 Å². The van der Waals surface area contributed by atoms with Crippen LogP contribution in [0.15, 0.2) is 36.5 Å². The molecule has 5 heteroatoms. The Bertz CT molecular complexity index is 861. The lowest BCUT2D eigenvalue weighted by molar-refractivity contribution is 0.798. The Labute approximate surface area is 132 Å². The summed E-state index contributed by atoms with van der Waals surface area (Å²) in [6.07, 6.45) is 17.7. The molecule has 4 rings (SSSR count). The van der Waals surface area contributed by atoms with Gasteiger partial charge in [0.15, 0.2) is 11.5 Å². The van der Waals surface area contributed by atoms with Crippen LogP contribution in [0.25, 0.3) is 16.9 Å². The third kappa shape index (κ3) is 2.04. The van der Waals surface area contributed by atoms with Gasteiger partial charge in [-0.1, -0.05) is 30.4 Å². The van der Waals surface area contributed by atoms with Gasteiger partial charge in [0.1, 0.15) is 0 Å². The van der Waals surface area contributed by atoms with E-state index in [2.05, 4.69) is 53.0 Å². The first-order chi connectivity index (χ1) is 10.8. The van der Waals surface area contributed by atoms with Gasteiger partial charge in [-0.25, -0.2) is 0 Å². The monoisotopic (exact) mass is 308 g/mol. The van der Waals surface area contributed by atoms with Crippen LogP contribution in [0, 0.1) is 6.92 Å². The summed E-state index contributed by atoms with van der Waals surface area (Å²) in [6, 6.07) is 0. The van der Waals surface area contributed by atoms with Crippen molar-refractivity contribution in [2.75, 3.05) is 0 Å². The first-order valence-corrected chi connectivity index (χ1v) is 8.94. The summed E-state index contributed by atoms with van der Waals surface area (Å²) in [4.78, 5) is 0. The van der Waals surface area contributed by atoms with Crippen molar-refractivity contribution in [1.29, 1.82) is 0 Å². The van der Waals surface area contributed by atoms with Gasteiger partial charge in [-0.05, 0) is 49.4 Å². The number of hydrogen-bond acceptors (Lipinski definition) is 2. The molecule has 22 heavy (non-hydrogen) atoms. The Kier molecular flexibility index (Phi) is 3.22. The zero-order valence-corrected chi connectivity index (χ0v) is 15.1. The second-order valence-electron chi connectivity index (χ2n) is 5.95. The van der Waals surface area contributed by atoms with Crippen LogP contribution in [0.5, 0.6) is 0 Å². The van der Waals surface area contributed by atoms with Gasteiger partial charge >= 0.3 is 0 Å². The van der Waals surface area contributed by atoms with E-state index < -0.39 is 0 Å². The molecule has 2 aliphatic rings. The molecule has 0 spiro atoms. The molecule has 112 valence electrons. The van der Waals surface area contributed by atoms with Crippen molar-refractivity contribution in [2.24, 2.45) is 0 Å². The number of nitrogens with zero attached hydrogens (tertiary/aromatic N) is 4. The van der Waals surface area contributed by atoms with E-state index in [1.807, 2.05) is 4.63 Å². The minimum atomic E-state index is 0.979. The van der Waals surface area contributed by atoms with Crippen LogP contribution in [0.1, 0.15) is 37.2 Å². The lowest BCUT2D eigenvalue weighted by atomic mass is 10.0. The maximum Gasteiger partial charge on any atom is 0.164 e. The highest BCUT2D eigenvalue weighted by Crippen LogP contribution is 2.28. The van der Waals surface area contributed by atoms with Gasteiger partial charge in [-0.2, -0.15) is 5.10 Å². The maximum absolute atomic E-state index is 4.81. The fourth-order valence-electron chi connectivity index (χ4n) is 3.14. The molecular formula is C17H20N4Si. The molecule has 2 aromatic heterocycles. The third-order valence-electron chi connectivity index (χ3n) is 4.46. The minimum Gasteiger partial charge on any atom is -0.276 e. The number of aryl methyl sites for hydroxylation is 1. The van der Waals surface area contributed by atoms with Crippen LogP contribution in [0.3, 0.4) is 0 Å². The van der Waals surface area contributed by atoms with E-state index >= 15 is 0 Å². The van der Waals surface area contributed by atoms with Gasteiger partial charge in [-0.15, -0.1) is 9.73 Å². The fraction of sp³-hybridized carbons (Fsp3) is 0.294. The van der Waals surface area contributed by atoms with E-state index in [9.17, 15) is 0 Å². The maximum atomic E-state index is 4.81. The predicted octanol–water partition coefficient (Wildman–Crippen LogP) is 1.75. The number of allylic oxidation sites excluding steroid dienone is 8. The molecular weight excluding hydrogens is 288 g/mol. The van der Waals surface area contributed by atoms with E-state index in [1.54, 1.807) is 0 Å². The lowest BCUT2D eigenvalue weighted by Crippen LogP contribution is -2.12. The highest BCUT2D eigenvalue weighted by Gasteiger charge is 2.21. The topological polar surface area (TPSA) is 35.1 Å². The van der Waals surface area contributed by atoms with Crippen LogP contribution >= 0.6 is 0 Å². The second kappa shape index (κ2) is 5.25. The van der Waals surface area contributed by atoms with Crippen molar-refractivity contribution in [1.82, 2.24) is 19.4 Å². The van der Waals surface area contributed by atoms with Gasteiger partial charge < -0.3 is 0 Å². The summed E-state index contributed by atoms with van der Waals surface area (Å²) in [7, 11) is 0.979. The van der Waals surface area contributed by atoms with Crippen molar-refractivity contribution < 1.29 is 0 Å². The van der Waals surface area contributed by atoms with Crippen LogP contribution in [-0.4, -0.2) is 29.6 Å². The van der Waals surface area contributed by atoms with Crippen molar-refractivity contribution in [3.63, 3.8) is 0 Å². The zero-order valence-electron chi connectivity index (χ0n) is 13.1. The van der Waals surface area contributed by atoms with Crippen LogP contribution < -0.4 is 5.19 Å². The molecule has 0 atom stereocenters. The summed E-state index contributed by atoms with van der Waals surface area (Å²) >= 11 is 0. The van der Waals surface area contributed by atoms with Crippen molar-refractivity contribution in [3.8, 4) is 0 Å².